The molecule has 284 valence electrons. The van der Waals surface area contributed by atoms with Gasteiger partial charge in [-0.2, -0.15) is 0 Å². The van der Waals surface area contributed by atoms with Gasteiger partial charge in [-0.3, -0.25) is 9.59 Å². The molecule has 2 N–H and O–H groups in total. The maximum absolute atomic E-state index is 13.1. The van der Waals surface area contributed by atoms with Gasteiger partial charge in [0.1, 0.15) is 22.4 Å². The fraction of sp³-hybridized carbons (Fsp3) is 0.439. The lowest BCUT2D eigenvalue weighted by Crippen LogP contribution is -2.74. The maximum atomic E-state index is 13.1. The Bertz CT molecular complexity index is 1680. The molecule has 0 spiro atoms. The second-order valence-corrected chi connectivity index (χ2v) is 16.6. The van der Waals surface area contributed by atoms with Crippen LogP contribution in [0.5, 0.6) is 11.5 Å². The number of unbranched alkanes of at least 4 members (excludes halogenated alkanes) is 5. The number of hydrogen-bond donors (Lipinski definition) is 2. The molecular formula is C41H50N2O8S2. The molecule has 3 aliphatic rings. The molecule has 3 aromatic rings. The average molecular weight is 763 g/mol. The van der Waals surface area contributed by atoms with Crippen LogP contribution in [0.15, 0.2) is 91.0 Å². The highest BCUT2D eigenvalue weighted by molar-refractivity contribution is 8.00. The fourth-order valence-electron chi connectivity index (χ4n) is 6.48. The number of aliphatic carboxylic acids is 1. The van der Waals surface area contributed by atoms with Crippen LogP contribution >= 0.6 is 11.8 Å². The number of hydrogen-bond acceptors (Lipinski definition) is 8. The number of carbonyl (C=O) groups is 3. The zero-order valence-corrected chi connectivity index (χ0v) is 32.1. The number of rotatable bonds is 17. The third kappa shape index (κ3) is 10.8. The summed E-state index contributed by atoms with van der Waals surface area (Å²) in [6.45, 7) is 8.62. The van der Waals surface area contributed by atoms with Crippen LogP contribution in [-0.4, -0.2) is 73.3 Å². The first-order valence-corrected chi connectivity index (χ1v) is 20.7. The molecule has 12 heteroatoms. The van der Waals surface area contributed by atoms with Gasteiger partial charge in [-0.25, -0.2) is 4.79 Å². The van der Waals surface area contributed by atoms with Gasteiger partial charge >= 0.3 is 5.97 Å². The van der Waals surface area contributed by atoms with E-state index in [-0.39, 0.29) is 11.9 Å². The molecule has 0 bridgehead atoms. The van der Waals surface area contributed by atoms with Crippen molar-refractivity contribution in [1.82, 2.24) is 10.2 Å². The van der Waals surface area contributed by atoms with Gasteiger partial charge in [0, 0.05) is 12.2 Å². The summed E-state index contributed by atoms with van der Waals surface area (Å²) in [7, 11) is 0. The van der Waals surface area contributed by atoms with Gasteiger partial charge in [0.05, 0.1) is 6.61 Å². The van der Waals surface area contributed by atoms with Crippen LogP contribution < -0.4 is 14.8 Å². The van der Waals surface area contributed by atoms with Gasteiger partial charge in [-0.05, 0) is 54.2 Å². The van der Waals surface area contributed by atoms with E-state index in [9.17, 15) is 24.0 Å². The Hall–Kier alpha value is -3.97. The van der Waals surface area contributed by atoms with E-state index in [0.717, 1.165) is 35.7 Å². The normalized spacial score (nSPS) is 20.3. The molecule has 2 amide bonds. The summed E-state index contributed by atoms with van der Waals surface area (Å²) >= 11 is 0.658. The molecule has 0 radical (unpaired) electrons. The molecule has 5 unspecified atom stereocenters. The van der Waals surface area contributed by atoms with Crippen LogP contribution in [0.1, 0.15) is 75.2 Å². The Morgan fingerprint density at radius 1 is 1.00 bits per heavy atom. The van der Waals surface area contributed by atoms with E-state index in [4.69, 9.17) is 14.2 Å². The second-order valence-electron chi connectivity index (χ2n) is 13.5. The number of ether oxygens (including phenoxy) is 3. The van der Waals surface area contributed by atoms with E-state index in [2.05, 4.69) is 25.7 Å². The molecule has 0 saturated carbocycles. The SMILES string of the molecule is C=C1CS[C@@H]2C(NC(=O)C(OCc3ccccc3)c3ccccc3)C(=O)N2C1C(=O)O.CCCCCCCC[S+]([O-])C(C)Cc1ccc2c(c1)OCO2. The van der Waals surface area contributed by atoms with Crippen molar-refractivity contribution >= 4 is 40.7 Å². The standard InChI is InChI=1S/C23H22N2O5S.C18H28O3S/c1-14-13-31-22-17(21(27)25(22)18(14)23(28)29)24-20(26)19(16-10-6-3-7-11-16)30-12-15-8-4-2-5-9-15;1-3-4-5-6-7-8-11-22(19)15(2)12-16-9-10-17-18(13-16)21-14-20-17/h2-11,17-19,22H,1,12-13H2,(H,24,26)(H,28,29);9-10,13,15H,3-8,11-12,14H2,1-2H3/t17?,18?,19?,22-;/m1./s1. The van der Waals surface area contributed by atoms with Crippen molar-refractivity contribution < 1.29 is 38.3 Å². The summed E-state index contributed by atoms with van der Waals surface area (Å²) in [4.78, 5) is 38.7. The highest BCUT2D eigenvalue weighted by Crippen LogP contribution is 2.40. The molecule has 3 heterocycles. The van der Waals surface area contributed by atoms with Gasteiger partial charge in [0.2, 0.25) is 12.7 Å². The smallest absolute Gasteiger partial charge is 0.330 e. The molecule has 53 heavy (non-hydrogen) atoms. The minimum Gasteiger partial charge on any atom is -0.616 e. The number of carboxylic acid groups (broad SMARTS) is 1. The predicted molar refractivity (Wildman–Crippen MR) is 208 cm³/mol. The highest BCUT2D eigenvalue weighted by Gasteiger charge is 2.56. The second kappa shape index (κ2) is 19.9. The largest absolute Gasteiger partial charge is 0.616 e. The number of fused-ring (bicyclic) bond motifs is 2. The summed E-state index contributed by atoms with van der Waals surface area (Å²) in [6.07, 6.45) is 7.42. The number of nitrogens with one attached hydrogen (secondary N) is 1. The van der Waals surface area contributed by atoms with E-state index < -0.39 is 52.5 Å². The van der Waals surface area contributed by atoms with Gasteiger partial charge in [-0.1, -0.05) is 117 Å². The minimum atomic E-state index is -1.11. The summed E-state index contributed by atoms with van der Waals surface area (Å²) in [5.74, 6) is 0.909. The fourth-order valence-corrected chi connectivity index (χ4v) is 9.06. The van der Waals surface area contributed by atoms with Gasteiger partial charge in [0.15, 0.2) is 23.6 Å². The summed E-state index contributed by atoms with van der Waals surface area (Å²) < 4.78 is 29.0. The Kier molecular flexibility index (Phi) is 15.1. The molecule has 3 aliphatic heterocycles. The number of carbonyl (C=O) groups excluding carboxylic acids is 2. The molecule has 3 aromatic carbocycles. The molecule has 10 nitrogen and oxygen atoms in total. The van der Waals surface area contributed by atoms with Crippen LogP contribution in [0.25, 0.3) is 0 Å². The number of thioether (sulfide) groups is 1. The average Bonchev–Trinajstić information content (AvgIpc) is 3.64. The first-order valence-electron chi connectivity index (χ1n) is 18.3. The predicted octanol–water partition coefficient (Wildman–Crippen LogP) is 6.81. The maximum Gasteiger partial charge on any atom is 0.330 e. The first kappa shape index (κ1) is 40.2. The first-order chi connectivity index (χ1) is 25.7. The lowest BCUT2D eigenvalue weighted by molar-refractivity contribution is -0.161. The third-order valence-corrected chi connectivity index (χ3v) is 12.6. The quantitative estimate of drug-likeness (QED) is 0.0658. The number of amides is 2. The van der Waals surface area contributed by atoms with Crippen molar-refractivity contribution in [3.05, 3.63) is 108 Å². The third-order valence-electron chi connectivity index (χ3n) is 9.42. The monoisotopic (exact) mass is 762 g/mol. The van der Waals surface area contributed by atoms with Crippen molar-refractivity contribution in [2.24, 2.45) is 0 Å². The summed E-state index contributed by atoms with van der Waals surface area (Å²) in [5, 5.41) is 12.0. The zero-order chi connectivity index (χ0) is 37.7. The molecule has 6 atom stereocenters. The molecule has 2 fully saturated rings. The lowest BCUT2D eigenvalue weighted by atomic mass is 9.98. The van der Waals surface area contributed by atoms with Crippen molar-refractivity contribution in [2.45, 2.75) is 94.2 Å². The zero-order valence-electron chi connectivity index (χ0n) is 30.4. The van der Waals surface area contributed by atoms with E-state index >= 15 is 0 Å². The Labute approximate surface area is 319 Å². The molecular weight excluding hydrogens is 713 g/mol. The minimum absolute atomic E-state index is 0.191. The van der Waals surface area contributed by atoms with E-state index in [0.29, 0.717) is 23.7 Å². The van der Waals surface area contributed by atoms with E-state index in [1.807, 2.05) is 66.7 Å². The number of β-lactam (4-membered cyclic amide) rings is 1. The van der Waals surface area contributed by atoms with Crippen molar-refractivity contribution in [3.63, 3.8) is 0 Å². The van der Waals surface area contributed by atoms with Gasteiger partial charge in [0.25, 0.3) is 5.91 Å². The number of nitrogens with zero attached hydrogens (tertiary/aromatic N) is 1. The van der Waals surface area contributed by atoms with Crippen molar-refractivity contribution in [3.8, 4) is 11.5 Å². The van der Waals surface area contributed by atoms with Gasteiger partial charge < -0.3 is 34.1 Å². The Morgan fingerprint density at radius 2 is 1.68 bits per heavy atom. The number of benzene rings is 3. The molecule has 0 aliphatic carbocycles. The van der Waals surface area contributed by atoms with Crippen molar-refractivity contribution in [1.29, 1.82) is 0 Å². The van der Waals surface area contributed by atoms with E-state index in [1.54, 1.807) is 12.1 Å². The van der Waals surface area contributed by atoms with Gasteiger partial charge in [-0.15, -0.1) is 11.8 Å². The summed E-state index contributed by atoms with van der Waals surface area (Å²) in [6, 6.07) is 22.7. The lowest BCUT2D eigenvalue weighted by Gasteiger charge is -2.52. The topological polar surface area (TPSA) is 137 Å². The van der Waals surface area contributed by atoms with Crippen LogP contribution in [0.4, 0.5) is 0 Å². The number of carboxylic acids is 1. The Balaban J connectivity index is 0.000000217. The van der Waals surface area contributed by atoms with Crippen LogP contribution in [-0.2, 0) is 43.3 Å². The molecule has 0 aromatic heterocycles. The molecule has 2 saturated heterocycles. The van der Waals surface area contributed by atoms with E-state index in [1.165, 1.54) is 54.3 Å². The van der Waals surface area contributed by atoms with Crippen LogP contribution in [0, 0.1) is 0 Å². The highest BCUT2D eigenvalue weighted by atomic mass is 32.2. The van der Waals surface area contributed by atoms with Crippen LogP contribution in [0.3, 0.4) is 0 Å². The Morgan fingerprint density at radius 3 is 2.40 bits per heavy atom. The van der Waals surface area contributed by atoms with Crippen molar-refractivity contribution in [2.75, 3.05) is 18.3 Å². The summed E-state index contributed by atoms with van der Waals surface area (Å²) in [5.41, 5.74) is 3.24. The van der Waals surface area contributed by atoms with Crippen LogP contribution in [0.2, 0.25) is 0 Å². The molecule has 6 rings (SSSR count).